The molecule has 2 aromatic rings. The summed E-state index contributed by atoms with van der Waals surface area (Å²) >= 11 is 0. The first-order valence-corrected chi connectivity index (χ1v) is 11.4. The van der Waals surface area contributed by atoms with Gasteiger partial charge in [0.05, 0.1) is 6.04 Å². The normalized spacial score (nSPS) is 22.7. The van der Waals surface area contributed by atoms with E-state index in [1.54, 1.807) is 9.80 Å². The van der Waals surface area contributed by atoms with Crippen molar-refractivity contribution in [2.45, 2.75) is 31.1 Å². The molecule has 0 spiro atoms. The van der Waals surface area contributed by atoms with Gasteiger partial charge >= 0.3 is 15.5 Å². The van der Waals surface area contributed by atoms with Crippen LogP contribution in [0, 0.1) is 5.92 Å². The maximum Gasteiger partial charge on any atom is 0.518 e. The van der Waals surface area contributed by atoms with Crippen LogP contribution in [0.4, 0.5) is 13.2 Å². The molecular formula is C22H22F3N3O2S. The second-order valence-corrected chi connectivity index (χ2v) is 9.30. The topological polar surface area (TPSA) is 53.0 Å². The lowest BCUT2D eigenvalue weighted by atomic mass is 9.96. The summed E-state index contributed by atoms with van der Waals surface area (Å²) in [6, 6.07) is 18.3. The van der Waals surface area contributed by atoms with Crippen LogP contribution in [0.2, 0.25) is 0 Å². The number of hydrogen-bond donors (Lipinski definition) is 0. The lowest BCUT2D eigenvalue weighted by molar-refractivity contribution is -0.0436. The highest BCUT2D eigenvalue weighted by Gasteiger charge is 2.48. The van der Waals surface area contributed by atoms with Crippen LogP contribution < -0.4 is 0 Å². The molecule has 0 radical (unpaired) electrons. The van der Waals surface area contributed by atoms with E-state index >= 15 is 0 Å². The van der Waals surface area contributed by atoms with Crippen LogP contribution in [0.1, 0.15) is 17.5 Å². The Hall–Kier alpha value is -2.81. The molecule has 1 aliphatic carbocycles. The smallest absolute Gasteiger partial charge is 0.337 e. The van der Waals surface area contributed by atoms with Crippen LogP contribution in [-0.4, -0.2) is 42.3 Å². The number of rotatable bonds is 5. The summed E-state index contributed by atoms with van der Waals surface area (Å²) in [6.45, 7) is 0.940. The first-order chi connectivity index (χ1) is 14.7. The Morgan fingerprint density at radius 2 is 1.52 bits per heavy atom. The van der Waals surface area contributed by atoms with Gasteiger partial charge in [0.25, 0.3) is 0 Å². The molecule has 0 amide bonds. The maximum absolute atomic E-state index is 13.2. The maximum atomic E-state index is 13.2. The Kier molecular flexibility index (Phi) is 5.79. The fourth-order valence-electron chi connectivity index (χ4n) is 4.07. The molecule has 0 N–H and O–H groups in total. The Morgan fingerprint density at radius 3 is 2.10 bits per heavy atom. The van der Waals surface area contributed by atoms with Gasteiger partial charge in [0.1, 0.15) is 0 Å². The Bertz CT molecular complexity index is 1070. The van der Waals surface area contributed by atoms with Crippen LogP contribution in [0.25, 0.3) is 0 Å². The fraction of sp³-hybridized carbons (Fsp3) is 0.318. The van der Waals surface area contributed by atoms with Gasteiger partial charge in [0.15, 0.2) is 0 Å². The van der Waals surface area contributed by atoms with Gasteiger partial charge in [-0.1, -0.05) is 72.8 Å². The van der Waals surface area contributed by atoms with E-state index in [1.807, 2.05) is 72.8 Å². The highest BCUT2D eigenvalue weighted by molar-refractivity contribution is 7.91. The number of nitrogens with zero attached hydrogens (tertiary/aromatic N) is 3. The average molecular weight is 449 g/mol. The van der Waals surface area contributed by atoms with E-state index in [9.17, 15) is 21.6 Å². The van der Waals surface area contributed by atoms with Gasteiger partial charge in [-0.05, 0) is 17.5 Å². The first-order valence-electron chi connectivity index (χ1n) is 9.92. The van der Waals surface area contributed by atoms with Gasteiger partial charge < -0.3 is 9.80 Å². The molecule has 2 atom stereocenters. The Morgan fingerprint density at radius 1 is 0.935 bits per heavy atom. The van der Waals surface area contributed by atoms with Crippen LogP contribution in [0.15, 0.2) is 77.2 Å². The lowest BCUT2D eigenvalue weighted by Gasteiger charge is -2.46. The molecule has 2 aromatic carbocycles. The fourth-order valence-corrected chi connectivity index (χ4v) is 4.61. The van der Waals surface area contributed by atoms with E-state index in [2.05, 4.69) is 4.40 Å². The zero-order chi connectivity index (χ0) is 22.1. The van der Waals surface area contributed by atoms with Crippen molar-refractivity contribution in [2.75, 3.05) is 6.54 Å². The molecule has 31 heavy (non-hydrogen) atoms. The predicted octanol–water partition coefficient (Wildman–Crippen LogP) is 4.15. The van der Waals surface area contributed by atoms with Crippen LogP contribution in [0.3, 0.4) is 0 Å². The molecule has 5 nitrogen and oxygen atoms in total. The third-order valence-corrected chi connectivity index (χ3v) is 6.50. The zero-order valence-corrected chi connectivity index (χ0v) is 17.4. The number of halogens is 3. The highest BCUT2D eigenvalue weighted by atomic mass is 32.2. The molecular weight excluding hydrogens is 427 g/mol. The van der Waals surface area contributed by atoms with Crippen molar-refractivity contribution in [3.05, 3.63) is 83.9 Å². The van der Waals surface area contributed by atoms with Gasteiger partial charge in [-0.3, -0.25) is 0 Å². The molecule has 0 aromatic heterocycles. The number of alkyl halides is 3. The summed E-state index contributed by atoms with van der Waals surface area (Å²) in [4.78, 5) is 3.33. The van der Waals surface area contributed by atoms with E-state index in [0.717, 1.165) is 17.5 Å². The van der Waals surface area contributed by atoms with Crippen molar-refractivity contribution in [3.8, 4) is 0 Å². The van der Waals surface area contributed by atoms with Crippen molar-refractivity contribution in [1.29, 1.82) is 0 Å². The number of sulfonamides is 1. The number of guanidine groups is 1. The highest BCUT2D eigenvalue weighted by Crippen LogP contribution is 2.34. The van der Waals surface area contributed by atoms with Gasteiger partial charge in [-0.15, -0.1) is 4.40 Å². The van der Waals surface area contributed by atoms with Gasteiger partial charge in [0, 0.05) is 25.6 Å². The van der Waals surface area contributed by atoms with E-state index in [4.69, 9.17) is 0 Å². The Labute approximate surface area is 179 Å². The van der Waals surface area contributed by atoms with Gasteiger partial charge in [-0.2, -0.15) is 21.6 Å². The monoisotopic (exact) mass is 449 g/mol. The molecule has 4 rings (SSSR count). The van der Waals surface area contributed by atoms with Crippen LogP contribution in [-0.2, 0) is 23.1 Å². The molecule has 1 saturated heterocycles. The standard InChI is InChI=1S/C22H22F3N3O2S/c23-22(24,25)31(29,30)26-21-27(14-17-8-3-1-4-9-17)16-19-12-7-13-20(19)28(21)15-18-10-5-2-6-11-18/h1-11,13,19-20H,12,14-16H2/b26-21-/t19-,20-/m0/s1. The Balaban J connectivity index is 1.78. The van der Waals surface area contributed by atoms with Crippen molar-refractivity contribution in [1.82, 2.24) is 9.80 Å². The molecule has 0 unspecified atom stereocenters. The zero-order valence-electron chi connectivity index (χ0n) is 16.6. The molecule has 164 valence electrons. The first kappa shape index (κ1) is 21.4. The minimum Gasteiger partial charge on any atom is -0.337 e. The van der Waals surface area contributed by atoms with Gasteiger partial charge in [0.2, 0.25) is 5.96 Å². The molecule has 1 fully saturated rings. The van der Waals surface area contributed by atoms with E-state index in [-0.39, 0.29) is 31.0 Å². The summed E-state index contributed by atoms with van der Waals surface area (Å²) in [6.07, 6.45) is 4.71. The van der Waals surface area contributed by atoms with E-state index < -0.39 is 15.5 Å². The van der Waals surface area contributed by atoms with Crippen LogP contribution >= 0.6 is 0 Å². The molecule has 9 heteroatoms. The summed E-state index contributed by atoms with van der Waals surface area (Å²) in [5.74, 6) is -0.0298. The predicted molar refractivity (Wildman–Crippen MR) is 112 cm³/mol. The SMILES string of the molecule is O=S(=O)(/N=C1/N(Cc2ccccc2)C[C@@H]2CC=C[C@@H]2N1Cc1ccccc1)C(F)(F)F. The minimum atomic E-state index is -5.70. The molecule has 0 saturated carbocycles. The molecule has 1 aliphatic heterocycles. The van der Waals surface area contributed by atoms with Crippen molar-refractivity contribution in [3.63, 3.8) is 0 Å². The minimum absolute atomic E-state index is 0.139. The average Bonchev–Trinajstić information content (AvgIpc) is 3.19. The van der Waals surface area contributed by atoms with Crippen molar-refractivity contribution < 1.29 is 21.6 Å². The second kappa shape index (κ2) is 8.37. The summed E-state index contributed by atoms with van der Waals surface area (Å²) in [7, 11) is -5.70. The largest absolute Gasteiger partial charge is 0.518 e. The molecule has 1 heterocycles. The quantitative estimate of drug-likeness (QED) is 0.644. The summed E-state index contributed by atoms with van der Waals surface area (Å²) in [5, 5.41) is 0. The summed E-state index contributed by atoms with van der Waals surface area (Å²) < 4.78 is 67.0. The van der Waals surface area contributed by atoms with E-state index in [0.29, 0.717) is 6.54 Å². The third kappa shape index (κ3) is 4.61. The molecule has 0 bridgehead atoms. The summed E-state index contributed by atoms with van der Waals surface area (Å²) in [5.41, 5.74) is -3.73. The van der Waals surface area contributed by atoms with E-state index in [1.165, 1.54) is 0 Å². The van der Waals surface area contributed by atoms with Crippen LogP contribution in [0.5, 0.6) is 0 Å². The third-order valence-electron chi connectivity index (χ3n) is 5.52. The molecule has 2 aliphatic rings. The second-order valence-electron chi connectivity index (χ2n) is 7.71. The number of hydrogen-bond acceptors (Lipinski definition) is 2. The van der Waals surface area contributed by atoms with Crippen molar-refractivity contribution in [2.24, 2.45) is 10.3 Å². The number of allylic oxidation sites excluding steroid dienone is 1. The number of fused-ring (bicyclic) bond motifs is 1. The number of benzene rings is 2. The lowest BCUT2D eigenvalue weighted by Crippen LogP contribution is -2.57. The van der Waals surface area contributed by atoms with Gasteiger partial charge in [-0.25, -0.2) is 0 Å². The van der Waals surface area contributed by atoms with Crippen molar-refractivity contribution >= 4 is 16.0 Å².